The molecule has 0 bridgehead atoms. The van der Waals surface area contributed by atoms with Gasteiger partial charge in [0.05, 0.1) is 6.61 Å². The first-order valence-electron chi connectivity index (χ1n) is 4.71. The normalized spacial score (nSPS) is 14.4. The van der Waals surface area contributed by atoms with Crippen LogP contribution in [-0.2, 0) is 15.1 Å². The molecule has 0 heterocycles. The Morgan fingerprint density at radius 2 is 2.13 bits per heavy atom. The van der Waals surface area contributed by atoms with Crippen LogP contribution in [0.1, 0.15) is 19.4 Å². The molecule has 15 heavy (non-hydrogen) atoms. The molecule has 0 spiro atoms. The molecule has 0 aliphatic carbocycles. The molecule has 1 aromatic rings. The number of rotatable bonds is 3. The molecule has 0 fully saturated rings. The van der Waals surface area contributed by atoms with Gasteiger partial charge in [0.15, 0.2) is 0 Å². The number of carbonyl (C=O) groups is 1. The molecule has 0 radical (unpaired) electrons. The van der Waals surface area contributed by atoms with Crippen LogP contribution >= 0.6 is 0 Å². The highest BCUT2D eigenvalue weighted by Crippen LogP contribution is 2.22. The maximum absolute atomic E-state index is 13.4. The third-order valence-corrected chi connectivity index (χ3v) is 2.13. The van der Waals surface area contributed by atoms with Crippen molar-refractivity contribution in [1.29, 1.82) is 0 Å². The Hall–Kier alpha value is -1.42. The van der Waals surface area contributed by atoms with Gasteiger partial charge in [-0.25, -0.2) is 9.18 Å². The van der Waals surface area contributed by atoms with Crippen LogP contribution in [0.3, 0.4) is 0 Å². The fourth-order valence-electron chi connectivity index (χ4n) is 1.27. The zero-order valence-corrected chi connectivity index (χ0v) is 8.79. The van der Waals surface area contributed by atoms with Gasteiger partial charge >= 0.3 is 5.97 Å². The van der Waals surface area contributed by atoms with Gasteiger partial charge in [-0.3, -0.25) is 0 Å². The van der Waals surface area contributed by atoms with Crippen molar-refractivity contribution in [1.82, 2.24) is 0 Å². The summed E-state index contributed by atoms with van der Waals surface area (Å²) in [7, 11) is 0. The van der Waals surface area contributed by atoms with E-state index in [-0.39, 0.29) is 12.2 Å². The first-order valence-corrected chi connectivity index (χ1v) is 4.71. The summed E-state index contributed by atoms with van der Waals surface area (Å²) in [4.78, 5) is 11.5. The molecular weight excluding hydrogens is 197 g/mol. The van der Waals surface area contributed by atoms with Crippen LogP contribution in [0.5, 0.6) is 0 Å². The van der Waals surface area contributed by atoms with E-state index in [2.05, 4.69) is 0 Å². The molecule has 0 aliphatic rings. The molecule has 1 rings (SSSR count). The van der Waals surface area contributed by atoms with Crippen LogP contribution in [0.2, 0.25) is 0 Å². The quantitative estimate of drug-likeness (QED) is 0.772. The van der Waals surface area contributed by atoms with Crippen LogP contribution in [-0.4, -0.2) is 12.6 Å². The summed E-state index contributed by atoms with van der Waals surface area (Å²) in [6, 6.07) is 5.91. The molecule has 2 N–H and O–H groups in total. The minimum atomic E-state index is -1.44. The largest absolute Gasteiger partial charge is 0.464 e. The number of nitrogens with two attached hydrogens (primary N) is 1. The lowest BCUT2D eigenvalue weighted by Crippen LogP contribution is -2.43. The summed E-state index contributed by atoms with van der Waals surface area (Å²) in [5.41, 5.74) is 4.45. The maximum atomic E-state index is 13.4. The van der Waals surface area contributed by atoms with Gasteiger partial charge in [-0.15, -0.1) is 0 Å². The third-order valence-electron chi connectivity index (χ3n) is 2.13. The number of carbonyl (C=O) groups excluding carboxylic acids is 1. The van der Waals surface area contributed by atoms with Gasteiger partial charge in [-0.05, 0) is 19.9 Å². The van der Waals surface area contributed by atoms with Crippen molar-refractivity contribution in [2.45, 2.75) is 19.4 Å². The Balaban J connectivity index is 3.05. The number of halogens is 1. The van der Waals surface area contributed by atoms with E-state index in [1.54, 1.807) is 19.1 Å². The summed E-state index contributed by atoms with van der Waals surface area (Å²) in [5, 5.41) is 0. The van der Waals surface area contributed by atoms with Crippen LogP contribution in [0.25, 0.3) is 0 Å². The smallest absolute Gasteiger partial charge is 0.330 e. The summed E-state index contributed by atoms with van der Waals surface area (Å²) in [6.07, 6.45) is 0. The van der Waals surface area contributed by atoms with Crippen molar-refractivity contribution in [3.63, 3.8) is 0 Å². The van der Waals surface area contributed by atoms with Gasteiger partial charge in [0.25, 0.3) is 0 Å². The predicted octanol–water partition coefficient (Wildman–Crippen LogP) is 1.56. The van der Waals surface area contributed by atoms with Gasteiger partial charge in [0.2, 0.25) is 0 Å². The van der Waals surface area contributed by atoms with Gasteiger partial charge < -0.3 is 10.5 Å². The molecule has 0 unspecified atom stereocenters. The lowest BCUT2D eigenvalue weighted by Gasteiger charge is -2.22. The average Bonchev–Trinajstić information content (AvgIpc) is 2.18. The Kier molecular flexibility index (Phi) is 3.42. The predicted molar refractivity (Wildman–Crippen MR) is 54.6 cm³/mol. The highest BCUT2D eigenvalue weighted by Gasteiger charge is 2.34. The second kappa shape index (κ2) is 4.40. The van der Waals surface area contributed by atoms with Gasteiger partial charge in [-0.2, -0.15) is 0 Å². The summed E-state index contributed by atoms with van der Waals surface area (Å²) < 4.78 is 18.2. The summed E-state index contributed by atoms with van der Waals surface area (Å²) in [6.45, 7) is 3.33. The van der Waals surface area contributed by atoms with Crippen molar-refractivity contribution in [2.24, 2.45) is 5.73 Å². The van der Waals surface area contributed by atoms with E-state index < -0.39 is 17.3 Å². The standard InChI is InChI=1S/C11H14FNO2/c1-3-15-10(14)11(2,13)8-6-4-5-7-9(8)12/h4-7H,3,13H2,1-2H3/t11-/m0/s1. The first kappa shape index (κ1) is 11.7. The minimum Gasteiger partial charge on any atom is -0.464 e. The Labute approximate surface area is 88.0 Å². The van der Waals surface area contributed by atoms with Crippen molar-refractivity contribution in [2.75, 3.05) is 6.61 Å². The first-order chi connectivity index (χ1) is 7.00. The molecular formula is C11H14FNO2. The van der Waals surface area contributed by atoms with E-state index in [1.807, 2.05) is 0 Å². The molecule has 0 aliphatic heterocycles. The van der Waals surface area contributed by atoms with Crippen LogP contribution in [0.4, 0.5) is 4.39 Å². The van der Waals surface area contributed by atoms with Crippen molar-refractivity contribution >= 4 is 5.97 Å². The van der Waals surface area contributed by atoms with Gasteiger partial charge in [-0.1, -0.05) is 18.2 Å². The number of hydrogen-bond acceptors (Lipinski definition) is 3. The Morgan fingerprint density at radius 1 is 1.53 bits per heavy atom. The maximum Gasteiger partial charge on any atom is 0.330 e. The SMILES string of the molecule is CCOC(=O)[C@@](C)(N)c1ccccc1F. The van der Waals surface area contributed by atoms with E-state index in [4.69, 9.17) is 10.5 Å². The molecule has 1 atom stereocenters. The molecule has 0 saturated heterocycles. The lowest BCUT2D eigenvalue weighted by atomic mass is 9.93. The highest BCUT2D eigenvalue weighted by atomic mass is 19.1. The van der Waals surface area contributed by atoms with E-state index >= 15 is 0 Å². The number of hydrogen-bond donors (Lipinski definition) is 1. The van der Waals surface area contributed by atoms with Crippen molar-refractivity contribution in [3.05, 3.63) is 35.6 Å². The van der Waals surface area contributed by atoms with E-state index in [0.717, 1.165) is 0 Å². The van der Waals surface area contributed by atoms with Gasteiger partial charge in [0, 0.05) is 5.56 Å². The number of benzene rings is 1. The van der Waals surface area contributed by atoms with E-state index in [0.29, 0.717) is 0 Å². The summed E-state index contributed by atoms with van der Waals surface area (Å²) in [5.74, 6) is -1.13. The zero-order valence-electron chi connectivity index (χ0n) is 8.79. The Bertz CT molecular complexity index is 363. The zero-order chi connectivity index (χ0) is 11.5. The lowest BCUT2D eigenvalue weighted by molar-refractivity contribution is -0.149. The Morgan fingerprint density at radius 3 is 2.67 bits per heavy atom. The third kappa shape index (κ3) is 2.33. The molecule has 0 amide bonds. The number of ether oxygens (including phenoxy) is 1. The van der Waals surface area contributed by atoms with Gasteiger partial charge in [0.1, 0.15) is 11.4 Å². The van der Waals surface area contributed by atoms with E-state index in [9.17, 15) is 9.18 Å². The van der Waals surface area contributed by atoms with Crippen LogP contribution < -0.4 is 5.73 Å². The molecule has 4 heteroatoms. The van der Waals surface area contributed by atoms with Crippen molar-refractivity contribution < 1.29 is 13.9 Å². The molecule has 1 aromatic carbocycles. The summed E-state index contributed by atoms with van der Waals surface area (Å²) >= 11 is 0. The van der Waals surface area contributed by atoms with Crippen molar-refractivity contribution in [3.8, 4) is 0 Å². The molecule has 0 aromatic heterocycles. The van der Waals surface area contributed by atoms with Crippen LogP contribution in [0.15, 0.2) is 24.3 Å². The average molecular weight is 211 g/mol. The number of esters is 1. The second-order valence-electron chi connectivity index (χ2n) is 3.40. The monoisotopic (exact) mass is 211 g/mol. The van der Waals surface area contributed by atoms with E-state index in [1.165, 1.54) is 19.1 Å². The highest BCUT2D eigenvalue weighted by molar-refractivity contribution is 5.81. The van der Waals surface area contributed by atoms with Crippen LogP contribution in [0, 0.1) is 5.82 Å². The fraction of sp³-hybridized carbons (Fsp3) is 0.364. The molecule has 82 valence electrons. The second-order valence-corrected chi connectivity index (χ2v) is 3.40. The topological polar surface area (TPSA) is 52.3 Å². The molecule has 0 saturated carbocycles. The fourth-order valence-corrected chi connectivity index (χ4v) is 1.27. The minimum absolute atomic E-state index is 0.142. The molecule has 3 nitrogen and oxygen atoms in total.